The number of benzene rings is 3. The summed E-state index contributed by atoms with van der Waals surface area (Å²) in [5.74, 6) is -3.80. The molecule has 3 aromatic rings. The molecule has 1 atom stereocenters. The smallest absolute Gasteiger partial charge is 0.329 e. The lowest BCUT2D eigenvalue weighted by molar-refractivity contribution is -0.147. The van der Waals surface area contributed by atoms with Crippen molar-refractivity contribution in [3.05, 3.63) is 93.5 Å². The van der Waals surface area contributed by atoms with Gasteiger partial charge in [-0.1, -0.05) is 77.8 Å². The summed E-state index contributed by atoms with van der Waals surface area (Å²) in [7, 11) is -3.57. The van der Waals surface area contributed by atoms with Crippen LogP contribution in [0.1, 0.15) is 37.5 Å². The normalized spacial score (nSPS) is 13.8. The molecule has 0 unspecified atom stereocenters. The molecule has 8 nitrogen and oxygen atoms in total. The van der Waals surface area contributed by atoms with E-state index in [1.807, 2.05) is 30.3 Å². The third-order valence-corrected chi connectivity index (χ3v) is 7.66. The summed E-state index contributed by atoms with van der Waals surface area (Å²) in [6.45, 7) is -0.667. The van der Waals surface area contributed by atoms with E-state index in [2.05, 4.69) is 0 Å². The molecule has 196 valence electrons. The van der Waals surface area contributed by atoms with E-state index in [1.54, 1.807) is 24.3 Å². The largest absolute Gasteiger partial charge is 0.456 e. The SMILES string of the molecule is CS(=O)(=O)CC[C@@H](C(=O)OCC(=O)c1ccc(-c2ccccc2)cc1)N1C(=O)c2cc(Cl)c(Cl)cc2C1=O. The molecule has 1 aliphatic heterocycles. The molecule has 0 saturated carbocycles. The minimum absolute atomic E-state index is 0.0348. The Labute approximate surface area is 229 Å². The number of amides is 2. The fraction of sp³-hybridized carbons (Fsp3) is 0.185. The number of ether oxygens (including phenoxy) is 1. The quantitative estimate of drug-likeness (QED) is 0.210. The van der Waals surface area contributed by atoms with Gasteiger partial charge in [0.25, 0.3) is 11.8 Å². The Balaban J connectivity index is 1.51. The summed E-state index contributed by atoms with van der Waals surface area (Å²) in [4.78, 5) is 52.4. The van der Waals surface area contributed by atoms with E-state index >= 15 is 0 Å². The van der Waals surface area contributed by atoms with Crippen molar-refractivity contribution in [1.29, 1.82) is 0 Å². The molecule has 11 heteroatoms. The van der Waals surface area contributed by atoms with Crippen LogP contribution in [0.25, 0.3) is 11.1 Å². The van der Waals surface area contributed by atoms with E-state index in [0.29, 0.717) is 4.90 Å². The van der Waals surface area contributed by atoms with Gasteiger partial charge in [-0.15, -0.1) is 0 Å². The van der Waals surface area contributed by atoms with Crippen LogP contribution in [-0.4, -0.2) is 61.5 Å². The first-order valence-electron chi connectivity index (χ1n) is 11.4. The zero-order valence-corrected chi connectivity index (χ0v) is 22.3. The van der Waals surface area contributed by atoms with Crippen LogP contribution < -0.4 is 0 Å². The van der Waals surface area contributed by atoms with Gasteiger partial charge in [0.15, 0.2) is 12.4 Å². The predicted octanol–water partition coefficient (Wildman–Crippen LogP) is 4.49. The van der Waals surface area contributed by atoms with Crippen LogP contribution in [0.3, 0.4) is 0 Å². The summed E-state index contributed by atoms with van der Waals surface area (Å²) in [5, 5.41) is 0.0696. The average molecular weight is 574 g/mol. The second-order valence-corrected chi connectivity index (χ2v) is 11.8. The van der Waals surface area contributed by atoms with Crippen molar-refractivity contribution >= 4 is 56.6 Å². The molecule has 0 saturated heterocycles. The van der Waals surface area contributed by atoms with Gasteiger partial charge in [0.05, 0.1) is 26.9 Å². The monoisotopic (exact) mass is 573 g/mol. The minimum Gasteiger partial charge on any atom is -0.456 e. The number of hydrogen-bond donors (Lipinski definition) is 0. The Kier molecular flexibility index (Phi) is 8.01. The summed E-state index contributed by atoms with van der Waals surface area (Å²) in [5.41, 5.74) is 2.00. The van der Waals surface area contributed by atoms with E-state index < -0.39 is 58.2 Å². The number of Topliss-reactive ketones (excluding diaryl/α,β-unsaturated/α-hetero) is 1. The number of hydrogen-bond acceptors (Lipinski definition) is 7. The van der Waals surface area contributed by atoms with Gasteiger partial charge in [-0.2, -0.15) is 0 Å². The van der Waals surface area contributed by atoms with Crippen LogP contribution in [0.4, 0.5) is 0 Å². The Morgan fingerprint density at radius 2 is 1.39 bits per heavy atom. The molecule has 0 bridgehead atoms. The van der Waals surface area contributed by atoms with E-state index in [9.17, 15) is 27.6 Å². The second-order valence-electron chi connectivity index (χ2n) is 8.70. The molecule has 0 aromatic heterocycles. The lowest BCUT2D eigenvalue weighted by Crippen LogP contribution is -2.46. The minimum atomic E-state index is -3.57. The highest BCUT2D eigenvalue weighted by molar-refractivity contribution is 7.90. The molecular formula is C27H21Cl2NO7S. The first-order valence-corrected chi connectivity index (χ1v) is 14.2. The molecule has 2 amide bonds. The van der Waals surface area contributed by atoms with Gasteiger partial charge in [0, 0.05) is 11.8 Å². The van der Waals surface area contributed by atoms with Gasteiger partial charge in [0.2, 0.25) is 0 Å². The van der Waals surface area contributed by atoms with Crippen LogP contribution >= 0.6 is 23.2 Å². The number of sulfone groups is 1. The van der Waals surface area contributed by atoms with Gasteiger partial charge in [-0.25, -0.2) is 13.2 Å². The highest BCUT2D eigenvalue weighted by Crippen LogP contribution is 2.33. The van der Waals surface area contributed by atoms with E-state index in [4.69, 9.17) is 27.9 Å². The molecular weight excluding hydrogens is 553 g/mol. The van der Waals surface area contributed by atoms with Gasteiger partial charge < -0.3 is 4.74 Å². The number of fused-ring (bicyclic) bond motifs is 1. The standard InChI is InChI=1S/C27H21Cl2NO7S/c1-38(35,36)12-11-23(30-25(32)19-13-21(28)22(29)14-20(19)26(30)33)27(34)37-15-24(31)18-9-7-17(8-10-18)16-5-3-2-4-6-16/h2-10,13-14,23H,11-12,15H2,1H3/t23-/m0/s1. The number of ketones is 1. The highest BCUT2D eigenvalue weighted by Gasteiger charge is 2.44. The van der Waals surface area contributed by atoms with E-state index in [-0.39, 0.29) is 26.7 Å². The number of carbonyl (C=O) groups excluding carboxylic acids is 4. The van der Waals surface area contributed by atoms with Crippen LogP contribution in [0.5, 0.6) is 0 Å². The first-order chi connectivity index (χ1) is 18.0. The van der Waals surface area contributed by atoms with E-state index in [0.717, 1.165) is 17.4 Å². The van der Waals surface area contributed by atoms with Gasteiger partial charge in [-0.3, -0.25) is 19.3 Å². The Morgan fingerprint density at radius 1 is 0.868 bits per heavy atom. The van der Waals surface area contributed by atoms with Crippen LogP contribution in [0, 0.1) is 0 Å². The maximum absolute atomic E-state index is 13.0. The number of imide groups is 1. The topological polar surface area (TPSA) is 115 Å². The van der Waals surface area contributed by atoms with Crippen molar-refractivity contribution in [2.24, 2.45) is 0 Å². The molecule has 38 heavy (non-hydrogen) atoms. The maximum atomic E-state index is 13.0. The fourth-order valence-corrected chi connectivity index (χ4v) is 4.99. The van der Waals surface area contributed by atoms with Crippen LogP contribution in [-0.2, 0) is 19.4 Å². The highest BCUT2D eigenvalue weighted by atomic mass is 35.5. The Morgan fingerprint density at radius 3 is 1.92 bits per heavy atom. The summed E-state index contributed by atoms with van der Waals surface area (Å²) < 4.78 is 28.8. The molecule has 3 aromatic carbocycles. The molecule has 0 spiro atoms. The fourth-order valence-electron chi connectivity index (χ4n) is 4.01. The van der Waals surface area contributed by atoms with Crippen molar-refractivity contribution < 1.29 is 32.3 Å². The summed E-state index contributed by atoms with van der Waals surface area (Å²) in [6.07, 6.45) is 0.546. The van der Waals surface area contributed by atoms with Crippen LogP contribution in [0.2, 0.25) is 10.0 Å². The van der Waals surface area contributed by atoms with E-state index in [1.165, 1.54) is 12.1 Å². The first kappa shape index (κ1) is 27.5. The zero-order chi connectivity index (χ0) is 27.6. The second kappa shape index (κ2) is 11.1. The molecule has 1 heterocycles. The summed E-state index contributed by atoms with van der Waals surface area (Å²) >= 11 is 12.0. The number of halogens is 2. The third-order valence-electron chi connectivity index (χ3n) is 5.96. The molecule has 4 rings (SSSR count). The van der Waals surface area contributed by atoms with Gasteiger partial charge >= 0.3 is 5.97 Å². The molecule has 0 aliphatic carbocycles. The zero-order valence-electron chi connectivity index (χ0n) is 20.0. The molecule has 0 N–H and O–H groups in total. The van der Waals surface area contributed by atoms with Crippen molar-refractivity contribution in [2.45, 2.75) is 12.5 Å². The lowest BCUT2D eigenvalue weighted by Gasteiger charge is -2.24. The molecule has 1 aliphatic rings. The van der Waals surface area contributed by atoms with Crippen molar-refractivity contribution in [3.8, 4) is 11.1 Å². The Hall–Kier alpha value is -3.53. The predicted molar refractivity (Wildman–Crippen MR) is 142 cm³/mol. The van der Waals surface area contributed by atoms with Crippen molar-refractivity contribution in [2.75, 3.05) is 18.6 Å². The lowest BCUT2D eigenvalue weighted by atomic mass is 10.0. The average Bonchev–Trinajstić information content (AvgIpc) is 3.12. The Bertz CT molecular complexity index is 1500. The number of carbonyl (C=O) groups is 4. The van der Waals surface area contributed by atoms with Crippen LogP contribution in [0.15, 0.2) is 66.7 Å². The number of rotatable bonds is 9. The van der Waals surface area contributed by atoms with Crippen molar-refractivity contribution in [1.82, 2.24) is 4.90 Å². The van der Waals surface area contributed by atoms with Gasteiger partial charge in [-0.05, 0) is 29.7 Å². The van der Waals surface area contributed by atoms with Gasteiger partial charge in [0.1, 0.15) is 15.9 Å². The summed E-state index contributed by atoms with van der Waals surface area (Å²) in [6, 6.07) is 17.1. The molecule has 0 radical (unpaired) electrons. The third kappa shape index (κ3) is 5.96. The maximum Gasteiger partial charge on any atom is 0.329 e. The number of nitrogens with zero attached hydrogens (tertiary/aromatic N) is 1. The number of esters is 1. The van der Waals surface area contributed by atoms with Crippen molar-refractivity contribution in [3.63, 3.8) is 0 Å². The molecule has 0 fully saturated rings.